The third-order valence-corrected chi connectivity index (χ3v) is 6.96. The molecule has 0 saturated carbocycles. The van der Waals surface area contributed by atoms with Gasteiger partial charge in [-0.25, -0.2) is 0 Å². The number of anilines is 3. The molecular weight excluding hydrogens is 486 g/mol. The van der Waals surface area contributed by atoms with E-state index in [-0.39, 0.29) is 0 Å². The molecule has 1 aromatic heterocycles. The Morgan fingerprint density at radius 1 is 0.575 bits per heavy atom. The lowest BCUT2D eigenvalue weighted by Crippen LogP contribution is -2.20. The lowest BCUT2D eigenvalue weighted by Gasteiger charge is -2.28. The van der Waals surface area contributed by atoms with Crippen LogP contribution in [0.4, 0.5) is 17.1 Å². The lowest BCUT2D eigenvalue weighted by atomic mass is 10.0. The van der Waals surface area contributed by atoms with Crippen molar-refractivity contribution in [2.75, 3.05) is 9.80 Å². The summed E-state index contributed by atoms with van der Waals surface area (Å²) >= 11 is 0. The van der Waals surface area contributed by atoms with Crippen LogP contribution in [0.1, 0.15) is 18.4 Å². The van der Waals surface area contributed by atoms with Crippen molar-refractivity contribution in [3.8, 4) is 0 Å². The van der Waals surface area contributed by atoms with Crippen LogP contribution in [-0.2, 0) is 0 Å². The minimum atomic E-state index is 0.748. The molecule has 2 aliphatic carbocycles. The predicted octanol–water partition coefficient (Wildman–Crippen LogP) is 9.38. The summed E-state index contributed by atoms with van der Waals surface area (Å²) in [5.41, 5.74) is 9.02. The number of nitrogens with zero attached hydrogens (tertiary/aromatic N) is 3. The first kappa shape index (κ1) is 25.1. The molecule has 0 N–H and O–H groups in total. The quantitative estimate of drug-likeness (QED) is 0.243. The molecule has 40 heavy (non-hydrogen) atoms. The summed E-state index contributed by atoms with van der Waals surface area (Å²) in [7, 11) is 0. The van der Waals surface area contributed by atoms with Crippen LogP contribution in [0.15, 0.2) is 181 Å². The second kappa shape index (κ2) is 12.1. The third-order valence-electron chi connectivity index (χ3n) is 6.96. The molecule has 0 unspecified atom stereocenters. The first-order chi connectivity index (χ1) is 19.9. The summed E-state index contributed by atoms with van der Waals surface area (Å²) in [6.45, 7) is 0. The highest BCUT2D eigenvalue weighted by Crippen LogP contribution is 2.37. The van der Waals surface area contributed by atoms with Crippen molar-refractivity contribution >= 4 is 22.6 Å². The number of aromatic nitrogens is 1. The van der Waals surface area contributed by atoms with Gasteiger partial charge in [-0.2, -0.15) is 0 Å². The average Bonchev–Trinajstić information content (AvgIpc) is 3.42. The van der Waals surface area contributed by atoms with Crippen LogP contribution in [-0.4, -0.2) is 4.98 Å². The number of hydrogen-bond acceptors (Lipinski definition) is 3. The lowest BCUT2D eigenvalue weighted by molar-refractivity contribution is 1.05. The highest BCUT2D eigenvalue weighted by molar-refractivity contribution is 5.82. The fraction of sp³-hybridized carbons (Fsp3) is 0.0541. The van der Waals surface area contributed by atoms with Gasteiger partial charge in [-0.1, -0.05) is 91.0 Å². The van der Waals surface area contributed by atoms with Gasteiger partial charge in [-0.15, -0.1) is 0 Å². The van der Waals surface area contributed by atoms with Crippen LogP contribution >= 0.6 is 0 Å². The Balaban J connectivity index is 1.51. The Bertz CT molecular complexity index is 1570. The van der Waals surface area contributed by atoms with Crippen molar-refractivity contribution in [2.24, 2.45) is 0 Å². The van der Waals surface area contributed by atoms with Crippen LogP contribution in [0, 0.1) is 0 Å². The van der Waals surface area contributed by atoms with E-state index in [0.29, 0.717) is 0 Å². The molecule has 6 rings (SSSR count). The number of rotatable bonds is 7. The minimum Gasteiger partial charge on any atom is -0.314 e. The maximum Gasteiger partial charge on any atom is 0.0461 e. The second-order valence-corrected chi connectivity index (χ2v) is 9.64. The smallest absolute Gasteiger partial charge is 0.0461 e. The molecule has 3 heteroatoms. The fourth-order valence-corrected chi connectivity index (χ4v) is 5.11. The standard InChI is InChI=1S/C37H31N3/c1-2-7-17-32(16-6-1)39(33-18-8-3-9-19-33)36-24-25-37(28-31(27-36)30-15-14-26-38-29-30)40(34-20-10-4-11-21-34)35-22-12-5-13-23-35/h1-6,8-24,26-29H,7,25H2. The Morgan fingerprint density at radius 2 is 1.23 bits per heavy atom. The maximum atomic E-state index is 4.46. The van der Waals surface area contributed by atoms with Crippen LogP contribution in [0.5, 0.6) is 0 Å². The van der Waals surface area contributed by atoms with Crippen LogP contribution in [0.2, 0.25) is 0 Å². The van der Waals surface area contributed by atoms with E-state index in [4.69, 9.17) is 0 Å². The highest BCUT2D eigenvalue weighted by Gasteiger charge is 2.21. The van der Waals surface area contributed by atoms with Gasteiger partial charge < -0.3 is 9.80 Å². The van der Waals surface area contributed by atoms with Crippen LogP contribution < -0.4 is 9.80 Å². The van der Waals surface area contributed by atoms with E-state index in [0.717, 1.165) is 52.4 Å². The summed E-state index contributed by atoms with van der Waals surface area (Å²) in [6, 6.07) is 35.9. The van der Waals surface area contributed by atoms with E-state index in [9.17, 15) is 0 Å². The summed E-state index contributed by atoms with van der Waals surface area (Å²) in [4.78, 5) is 9.17. The van der Waals surface area contributed by atoms with Crippen LogP contribution in [0.25, 0.3) is 5.57 Å². The zero-order valence-electron chi connectivity index (χ0n) is 22.3. The van der Waals surface area contributed by atoms with Crippen molar-refractivity contribution < 1.29 is 0 Å². The maximum absolute atomic E-state index is 4.46. The van der Waals surface area contributed by atoms with Crippen molar-refractivity contribution in [3.05, 3.63) is 187 Å². The molecule has 3 nitrogen and oxygen atoms in total. The molecule has 0 radical (unpaired) electrons. The van der Waals surface area contributed by atoms with E-state index in [1.165, 1.54) is 5.70 Å². The van der Waals surface area contributed by atoms with Crippen molar-refractivity contribution in [2.45, 2.75) is 12.8 Å². The van der Waals surface area contributed by atoms with Gasteiger partial charge in [0.1, 0.15) is 0 Å². The van der Waals surface area contributed by atoms with Gasteiger partial charge in [0.15, 0.2) is 0 Å². The van der Waals surface area contributed by atoms with Crippen molar-refractivity contribution in [1.82, 2.24) is 4.98 Å². The zero-order chi connectivity index (χ0) is 27.0. The zero-order valence-corrected chi connectivity index (χ0v) is 22.3. The summed E-state index contributed by atoms with van der Waals surface area (Å²) in [5.74, 6) is 0. The summed E-state index contributed by atoms with van der Waals surface area (Å²) < 4.78 is 0. The molecule has 0 saturated heterocycles. The van der Waals surface area contributed by atoms with E-state index in [1.54, 1.807) is 0 Å². The Labute approximate surface area is 236 Å². The molecule has 0 atom stereocenters. The molecule has 0 fully saturated rings. The Morgan fingerprint density at radius 3 is 1.85 bits per heavy atom. The molecule has 0 aliphatic heterocycles. The van der Waals surface area contributed by atoms with Gasteiger partial charge in [0, 0.05) is 58.5 Å². The molecular formula is C37H31N3. The average molecular weight is 518 g/mol. The molecule has 3 aromatic carbocycles. The molecule has 0 spiro atoms. The third kappa shape index (κ3) is 5.64. The van der Waals surface area contributed by atoms with Crippen molar-refractivity contribution in [3.63, 3.8) is 0 Å². The van der Waals surface area contributed by atoms with E-state index < -0.39 is 0 Å². The topological polar surface area (TPSA) is 19.4 Å². The molecule has 0 amide bonds. The number of allylic oxidation sites excluding steroid dienone is 9. The van der Waals surface area contributed by atoms with Gasteiger partial charge in [-0.3, -0.25) is 4.98 Å². The molecule has 2 aliphatic rings. The van der Waals surface area contributed by atoms with E-state index >= 15 is 0 Å². The van der Waals surface area contributed by atoms with Gasteiger partial charge in [0.2, 0.25) is 0 Å². The Hall–Kier alpha value is -5.15. The minimum absolute atomic E-state index is 0.748. The normalized spacial score (nSPS) is 14.7. The van der Waals surface area contributed by atoms with E-state index in [2.05, 4.69) is 160 Å². The Kier molecular flexibility index (Phi) is 7.63. The number of hydrogen-bond donors (Lipinski definition) is 0. The number of pyridine rings is 1. The van der Waals surface area contributed by atoms with Crippen molar-refractivity contribution in [1.29, 1.82) is 0 Å². The highest BCUT2D eigenvalue weighted by atomic mass is 15.2. The molecule has 1 heterocycles. The second-order valence-electron chi connectivity index (χ2n) is 9.64. The van der Waals surface area contributed by atoms with E-state index in [1.807, 2.05) is 18.5 Å². The van der Waals surface area contributed by atoms with Gasteiger partial charge in [-0.05, 0) is 72.7 Å². The van der Waals surface area contributed by atoms with Gasteiger partial charge >= 0.3 is 0 Å². The fourth-order valence-electron chi connectivity index (χ4n) is 5.11. The first-order valence-corrected chi connectivity index (χ1v) is 13.7. The molecule has 4 aromatic rings. The molecule has 0 bridgehead atoms. The molecule has 194 valence electrons. The SMILES string of the molecule is C1=CCC=C(N(C2=CCC(N(c3ccccc3)c3ccccc3)=CC(c3cccnc3)=C2)c2ccccc2)C=C1. The van der Waals surface area contributed by atoms with Gasteiger partial charge in [0.25, 0.3) is 0 Å². The summed E-state index contributed by atoms with van der Waals surface area (Å²) in [6.07, 6.45) is 23.2. The summed E-state index contributed by atoms with van der Waals surface area (Å²) in [5, 5.41) is 0. The first-order valence-electron chi connectivity index (χ1n) is 13.7. The number of para-hydroxylation sites is 3. The largest absolute Gasteiger partial charge is 0.314 e. The monoisotopic (exact) mass is 517 g/mol. The predicted molar refractivity (Wildman–Crippen MR) is 168 cm³/mol. The van der Waals surface area contributed by atoms with Crippen LogP contribution in [0.3, 0.4) is 0 Å². The van der Waals surface area contributed by atoms with Gasteiger partial charge in [0.05, 0.1) is 0 Å². The number of benzene rings is 3.